The molecule has 0 fully saturated rings. The minimum atomic E-state index is -1.65. The molecule has 21 heavy (non-hydrogen) atoms. The van der Waals surface area contributed by atoms with Crippen LogP contribution in [0.3, 0.4) is 0 Å². The Bertz CT molecular complexity index is 703. The first-order valence-corrected chi connectivity index (χ1v) is 5.87. The van der Waals surface area contributed by atoms with Gasteiger partial charge in [0.2, 0.25) is 0 Å². The average molecular weight is 294 g/mol. The summed E-state index contributed by atoms with van der Waals surface area (Å²) in [6, 6.07) is 6.90. The second kappa shape index (κ2) is 5.78. The Hall–Kier alpha value is -2.63. The molecule has 6 heteroatoms. The van der Waals surface area contributed by atoms with Gasteiger partial charge in [0.25, 0.3) is 0 Å². The summed E-state index contributed by atoms with van der Waals surface area (Å²) in [5, 5.41) is 0. The van der Waals surface area contributed by atoms with Crippen molar-refractivity contribution in [2.75, 3.05) is 0 Å². The number of carbonyl (C=O) groups is 2. The summed E-state index contributed by atoms with van der Waals surface area (Å²) >= 11 is 0. The summed E-state index contributed by atoms with van der Waals surface area (Å²) in [5.41, 5.74) is -0.441. The van der Waals surface area contributed by atoms with Gasteiger partial charge in [-0.15, -0.1) is 0 Å². The Labute approximate surface area is 118 Å². The molecule has 3 nitrogen and oxygen atoms in total. The van der Waals surface area contributed by atoms with E-state index in [4.69, 9.17) is 4.74 Å². The van der Waals surface area contributed by atoms with Gasteiger partial charge < -0.3 is 4.74 Å². The van der Waals surface area contributed by atoms with Crippen LogP contribution in [-0.2, 0) is 4.79 Å². The summed E-state index contributed by atoms with van der Waals surface area (Å²) in [5.74, 6) is -6.07. The second-order valence-corrected chi connectivity index (χ2v) is 4.17. The van der Waals surface area contributed by atoms with E-state index in [1.807, 2.05) is 0 Å². The molecule has 0 aromatic heterocycles. The van der Waals surface area contributed by atoms with Crippen LogP contribution in [0.1, 0.15) is 22.8 Å². The molecule has 2 aromatic carbocycles. The van der Waals surface area contributed by atoms with Crippen LogP contribution in [-0.4, -0.2) is 11.8 Å². The normalized spacial score (nSPS) is 10.3. The minimum absolute atomic E-state index is 0.0415. The van der Waals surface area contributed by atoms with Gasteiger partial charge in [-0.05, 0) is 24.3 Å². The van der Waals surface area contributed by atoms with Gasteiger partial charge in [0.05, 0.1) is 5.56 Å². The third-order valence-corrected chi connectivity index (χ3v) is 2.63. The van der Waals surface area contributed by atoms with Crippen molar-refractivity contribution in [3.8, 4) is 5.75 Å². The minimum Gasteiger partial charge on any atom is -0.426 e. The van der Waals surface area contributed by atoms with Gasteiger partial charge in [0, 0.05) is 12.5 Å². The highest BCUT2D eigenvalue weighted by molar-refractivity contribution is 6.11. The van der Waals surface area contributed by atoms with Gasteiger partial charge in [-0.3, -0.25) is 9.59 Å². The largest absolute Gasteiger partial charge is 0.426 e. The molecule has 0 aliphatic carbocycles. The summed E-state index contributed by atoms with van der Waals surface area (Å²) < 4.78 is 44.1. The first-order chi connectivity index (χ1) is 9.90. The topological polar surface area (TPSA) is 43.4 Å². The Balaban J connectivity index is 2.48. The molecular formula is C15H9F3O3. The molecule has 0 radical (unpaired) electrons. The Kier molecular flexibility index (Phi) is 4.07. The molecule has 2 rings (SSSR count). The third kappa shape index (κ3) is 3.10. The standard InChI is InChI=1S/C15H9F3O3/c1-8(19)21-13-5-3-2-4-10(13)15(20)9-6-11(16)14(18)12(17)7-9/h2-7H,1H3. The highest BCUT2D eigenvalue weighted by atomic mass is 19.2. The zero-order valence-electron chi connectivity index (χ0n) is 10.8. The van der Waals surface area contributed by atoms with Crippen molar-refractivity contribution < 1.29 is 27.5 Å². The molecule has 0 aliphatic heterocycles. The summed E-state index contributed by atoms with van der Waals surface area (Å²) in [4.78, 5) is 23.2. The second-order valence-electron chi connectivity index (χ2n) is 4.17. The van der Waals surface area contributed by atoms with Gasteiger partial charge in [0.15, 0.2) is 23.2 Å². The molecule has 0 N–H and O–H groups in total. The van der Waals surface area contributed by atoms with E-state index in [-0.39, 0.29) is 16.9 Å². The maximum Gasteiger partial charge on any atom is 0.308 e. The van der Waals surface area contributed by atoms with Gasteiger partial charge in [-0.1, -0.05) is 12.1 Å². The fraction of sp³-hybridized carbons (Fsp3) is 0.0667. The third-order valence-electron chi connectivity index (χ3n) is 2.63. The van der Waals surface area contributed by atoms with Crippen LogP contribution in [0.15, 0.2) is 36.4 Å². The predicted molar refractivity (Wildman–Crippen MR) is 67.5 cm³/mol. The molecule has 0 spiro atoms. The number of carbonyl (C=O) groups excluding carboxylic acids is 2. The maximum absolute atomic E-state index is 13.2. The van der Waals surface area contributed by atoms with Crippen molar-refractivity contribution >= 4 is 11.8 Å². The van der Waals surface area contributed by atoms with Crippen LogP contribution >= 0.6 is 0 Å². The molecule has 0 unspecified atom stereocenters. The van der Waals surface area contributed by atoms with Gasteiger partial charge in [-0.25, -0.2) is 13.2 Å². The summed E-state index contributed by atoms with van der Waals surface area (Å²) in [6.45, 7) is 1.15. The number of ketones is 1. The van der Waals surface area contributed by atoms with Gasteiger partial charge >= 0.3 is 5.97 Å². The quantitative estimate of drug-likeness (QED) is 0.378. The molecule has 0 amide bonds. The number of rotatable bonds is 3. The molecule has 0 heterocycles. The summed E-state index contributed by atoms with van der Waals surface area (Å²) in [7, 11) is 0. The molecule has 0 atom stereocenters. The number of ether oxygens (including phenoxy) is 1. The first-order valence-electron chi connectivity index (χ1n) is 5.87. The molecule has 2 aromatic rings. The Morgan fingerprint density at radius 1 is 1.00 bits per heavy atom. The molecule has 0 aliphatic rings. The van der Waals surface area contributed by atoms with Crippen molar-refractivity contribution in [3.05, 3.63) is 65.0 Å². The first kappa shape index (κ1) is 14.8. The molecule has 0 saturated carbocycles. The number of halogens is 3. The fourth-order valence-electron chi connectivity index (χ4n) is 1.74. The van der Waals surface area contributed by atoms with E-state index in [1.54, 1.807) is 0 Å². The van der Waals surface area contributed by atoms with Crippen LogP contribution in [0.4, 0.5) is 13.2 Å². The SMILES string of the molecule is CC(=O)Oc1ccccc1C(=O)c1cc(F)c(F)c(F)c1. The van der Waals surface area contributed by atoms with Crippen molar-refractivity contribution in [2.24, 2.45) is 0 Å². The zero-order chi connectivity index (χ0) is 15.6. The van der Waals surface area contributed by atoms with Gasteiger partial charge in [-0.2, -0.15) is 0 Å². The van der Waals surface area contributed by atoms with E-state index in [9.17, 15) is 22.8 Å². The summed E-state index contributed by atoms with van der Waals surface area (Å²) in [6.07, 6.45) is 0. The Morgan fingerprint density at radius 2 is 1.57 bits per heavy atom. The van der Waals surface area contributed by atoms with Gasteiger partial charge in [0.1, 0.15) is 5.75 Å². The van der Waals surface area contributed by atoms with E-state index in [0.29, 0.717) is 12.1 Å². The maximum atomic E-state index is 13.2. The number of benzene rings is 2. The zero-order valence-corrected chi connectivity index (χ0v) is 10.8. The Morgan fingerprint density at radius 3 is 2.14 bits per heavy atom. The molecule has 0 saturated heterocycles. The number of hydrogen-bond acceptors (Lipinski definition) is 3. The van der Waals surface area contributed by atoms with Crippen LogP contribution in [0.5, 0.6) is 5.75 Å². The van der Waals surface area contributed by atoms with Crippen molar-refractivity contribution in [1.29, 1.82) is 0 Å². The van der Waals surface area contributed by atoms with E-state index in [1.165, 1.54) is 24.3 Å². The lowest BCUT2D eigenvalue weighted by Crippen LogP contribution is -2.09. The predicted octanol–water partition coefficient (Wildman–Crippen LogP) is 3.26. The van der Waals surface area contributed by atoms with Crippen LogP contribution in [0.25, 0.3) is 0 Å². The van der Waals surface area contributed by atoms with E-state index >= 15 is 0 Å². The lowest BCUT2D eigenvalue weighted by atomic mass is 10.0. The van der Waals surface area contributed by atoms with Crippen molar-refractivity contribution in [1.82, 2.24) is 0 Å². The van der Waals surface area contributed by atoms with Crippen LogP contribution < -0.4 is 4.74 Å². The fourth-order valence-corrected chi connectivity index (χ4v) is 1.74. The van der Waals surface area contributed by atoms with Crippen LogP contribution in [0.2, 0.25) is 0 Å². The number of hydrogen-bond donors (Lipinski definition) is 0. The highest BCUT2D eigenvalue weighted by Crippen LogP contribution is 2.23. The molecule has 108 valence electrons. The monoisotopic (exact) mass is 294 g/mol. The molecule has 0 bridgehead atoms. The van der Waals surface area contributed by atoms with Crippen molar-refractivity contribution in [3.63, 3.8) is 0 Å². The molecular weight excluding hydrogens is 285 g/mol. The number of esters is 1. The van der Waals surface area contributed by atoms with E-state index in [0.717, 1.165) is 6.92 Å². The smallest absolute Gasteiger partial charge is 0.308 e. The number of para-hydroxylation sites is 1. The van der Waals surface area contributed by atoms with Crippen LogP contribution in [0, 0.1) is 17.5 Å². The van der Waals surface area contributed by atoms with E-state index < -0.39 is 29.2 Å². The lowest BCUT2D eigenvalue weighted by Gasteiger charge is -2.08. The average Bonchev–Trinajstić information content (AvgIpc) is 2.43. The van der Waals surface area contributed by atoms with Crippen molar-refractivity contribution in [2.45, 2.75) is 6.92 Å². The highest BCUT2D eigenvalue weighted by Gasteiger charge is 2.19. The van der Waals surface area contributed by atoms with E-state index in [2.05, 4.69) is 0 Å². The lowest BCUT2D eigenvalue weighted by molar-refractivity contribution is -0.131.